The smallest absolute Gasteiger partial charge is 0.491 e. The van der Waals surface area contributed by atoms with Crippen molar-refractivity contribution >= 4 is 29.3 Å². The van der Waals surface area contributed by atoms with Crippen LogP contribution in [0.1, 0.15) is 46.0 Å². The summed E-state index contributed by atoms with van der Waals surface area (Å²) in [6, 6.07) is 0. The molecule has 1 aromatic rings. The van der Waals surface area contributed by atoms with Gasteiger partial charge in [0.2, 0.25) is 5.76 Å². The first-order valence-corrected chi connectivity index (χ1v) is 8.18. The van der Waals surface area contributed by atoms with Crippen LogP contribution in [0.15, 0.2) is 5.76 Å². The minimum atomic E-state index is -5.76. The van der Waals surface area contributed by atoms with Crippen molar-refractivity contribution in [1.82, 2.24) is 4.57 Å². The van der Waals surface area contributed by atoms with Crippen molar-refractivity contribution in [3.05, 3.63) is 28.3 Å². The minimum Gasteiger partial charge on any atom is -0.504 e. The highest BCUT2D eigenvalue weighted by Gasteiger charge is 2.47. The zero-order chi connectivity index (χ0) is 24.5. The number of halogens is 6. The predicted octanol–water partition coefficient (Wildman–Crippen LogP) is 3.18. The average molecular weight is 459 g/mol. The van der Waals surface area contributed by atoms with Crippen molar-refractivity contribution in [2.24, 2.45) is 7.05 Å². The summed E-state index contributed by atoms with van der Waals surface area (Å²) >= 11 is 0. The SMILES string of the molecule is CCOC(=O)c1c(C)c(C(C)=O)n(C)c1/C(C(=O)OC(=O)C(F)(F)F)=C(/O)C(F)(F)F. The molecule has 1 N–H and O–H groups in total. The van der Waals surface area contributed by atoms with Crippen molar-refractivity contribution in [3.8, 4) is 0 Å². The third-order valence-corrected chi connectivity index (χ3v) is 3.81. The topological polar surface area (TPSA) is 112 Å². The fraction of sp³-hybridized carbons (Fsp3) is 0.412. The van der Waals surface area contributed by atoms with Gasteiger partial charge in [0.25, 0.3) is 0 Å². The number of hydrogen-bond acceptors (Lipinski definition) is 7. The molecule has 1 heterocycles. The van der Waals surface area contributed by atoms with Gasteiger partial charge in [-0.25, -0.2) is 14.4 Å². The molecule has 172 valence electrons. The van der Waals surface area contributed by atoms with Crippen molar-refractivity contribution in [1.29, 1.82) is 0 Å². The van der Waals surface area contributed by atoms with Gasteiger partial charge in [0, 0.05) is 14.0 Å². The number of ether oxygens (including phenoxy) is 2. The molecule has 0 unspecified atom stereocenters. The summed E-state index contributed by atoms with van der Waals surface area (Å²) in [7, 11) is 0.907. The molecule has 0 saturated carbocycles. The second kappa shape index (κ2) is 8.81. The van der Waals surface area contributed by atoms with Crippen molar-refractivity contribution < 1.29 is 60.1 Å². The molecule has 0 amide bonds. The van der Waals surface area contributed by atoms with Crippen LogP contribution in [-0.2, 0) is 26.1 Å². The van der Waals surface area contributed by atoms with E-state index in [1.165, 1.54) is 6.92 Å². The monoisotopic (exact) mass is 459 g/mol. The molecule has 14 heteroatoms. The Balaban J connectivity index is 4.00. The first-order chi connectivity index (χ1) is 14.0. The predicted molar refractivity (Wildman–Crippen MR) is 88.9 cm³/mol. The second-order valence-corrected chi connectivity index (χ2v) is 5.93. The number of aliphatic hydroxyl groups excluding tert-OH is 1. The van der Waals surface area contributed by atoms with Crippen LogP contribution < -0.4 is 0 Å². The maximum absolute atomic E-state index is 13.2. The number of alkyl halides is 6. The van der Waals surface area contributed by atoms with Crippen molar-refractivity contribution in [2.45, 2.75) is 33.1 Å². The molecule has 0 aliphatic heterocycles. The molecule has 0 radical (unpaired) electrons. The Hall–Kier alpha value is -3.32. The van der Waals surface area contributed by atoms with Gasteiger partial charge in [-0.1, -0.05) is 0 Å². The van der Waals surface area contributed by atoms with Crippen LogP contribution in [0.5, 0.6) is 0 Å². The number of nitrogens with zero attached hydrogens (tertiary/aromatic N) is 1. The van der Waals surface area contributed by atoms with Gasteiger partial charge in [-0.05, 0) is 19.4 Å². The third-order valence-electron chi connectivity index (χ3n) is 3.81. The molecule has 0 atom stereocenters. The Morgan fingerprint density at radius 1 is 1.00 bits per heavy atom. The van der Waals surface area contributed by atoms with Crippen LogP contribution in [0.2, 0.25) is 0 Å². The van der Waals surface area contributed by atoms with E-state index in [9.17, 15) is 50.6 Å². The quantitative estimate of drug-likeness (QED) is 0.180. The average Bonchev–Trinajstić information content (AvgIpc) is 2.84. The van der Waals surface area contributed by atoms with E-state index in [-0.39, 0.29) is 12.2 Å². The number of carbonyl (C=O) groups excluding carboxylic acids is 4. The Labute approximate surface area is 170 Å². The van der Waals surface area contributed by atoms with E-state index >= 15 is 0 Å². The number of rotatable bonds is 5. The zero-order valence-corrected chi connectivity index (χ0v) is 16.3. The molecular weight excluding hydrogens is 444 g/mol. The van der Waals surface area contributed by atoms with Gasteiger partial charge in [0.15, 0.2) is 5.78 Å². The highest BCUT2D eigenvalue weighted by Crippen LogP contribution is 2.36. The molecule has 31 heavy (non-hydrogen) atoms. The molecule has 1 aromatic heterocycles. The first-order valence-electron chi connectivity index (χ1n) is 8.18. The number of ketones is 1. The highest BCUT2D eigenvalue weighted by atomic mass is 19.4. The summed E-state index contributed by atoms with van der Waals surface area (Å²) in [5.74, 6) is -10.6. The maximum atomic E-state index is 13.2. The zero-order valence-electron chi connectivity index (χ0n) is 16.3. The van der Waals surface area contributed by atoms with E-state index in [0.717, 1.165) is 20.9 Å². The van der Waals surface area contributed by atoms with Crippen LogP contribution in [0, 0.1) is 6.92 Å². The lowest BCUT2D eigenvalue weighted by Gasteiger charge is -2.15. The number of hydrogen-bond donors (Lipinski definition) is 1. The molecule has 0 spiro atoms. The number of carbonyl (C=O) groups is 4. The van der Waals surface area contributed by atoms with Gasteiger partial charge in [-0.15, -0.1) is 0 Å². The second-order valence-electron chi connectivity index (χ2n) is 5.93. The van der Waals surface area contributed by atoms with Crippen LogP contribution in [0.4, 0.5) is 26.3 Å². The number of allylic oxidation sites excluding steroid dienone is 1. The lowest BCUT2D eigenvalue weighted by Crippen LogP contribution is -2.30. The summed E-state index contributed by atoms with van der Waals surface area (Å²) < 4.78 is 85.5. The normalized spacial score (nSPS) is 12.8. The summed E-state index contributed by atoms with van der Waals surface area (Å²) in [5, 5.41) is 9.60. The molecule has 0 saturated heterocycles. The highest BCUT2D eigenvalue weighted by molar-refractivity contribution is 6.22. The molecule has 0 aliphatic rings. The Bertz CT molecular complexity index is 969. The lowest BCUT2D eigenvalue weighted by molar-refractivity contribution is -0.200. The van der Waals surface area contributed by atoms with E-state index in [4.69, 9.17) is 0 Å². The van der Waals surface area contributed by atoms with Crippen molar-refractivity contribution in [3.63, 3.8) is 0 Å². The Morgan fingerprint density at radius 2 is 1.52 bits per heavy atom. The van der Waals surface area contributed by atoms with Gasteiger partial charge in [-0.3, -0.25) is 4.79 Å². The van der Waals surface area contributed by atoms with Gasteiger partial charge in [0.05, 0.1) is 23.6 Å². The summed E-state index contributed by atoms with van der Waals surface area (Å²) in [4.78, 5) is 47.3. The van der Waals surface area contributed by atoms with Crippen LogP contribution in [0.25, 0.3) is 5.57 Å². The van der Waals surface area contributed by atoms with Gasteiger partial charge < -0.3 is 19.1 Å². The maximum Gasteiger partial charge on any atom is 0.491 e. The largest absolute Gasteiger partial charge is 0.504 e. The summed E-state index contributed by atoms with van der Waals surface area (Å²) in [5.41, 5.74) is -4.65. The van der Waals surface area contributed by atoms with Crippen LogP contribution in [0.3, 0.4) is 0 Å². The number of esters is 3. The molecular formula is C17H15F6NO7. The lowest BCUT2D eigenvalue weighted by atomic mass is 10.0. The van der Waals surface area contributed by atoms with E-state index < -0.39 is 64.3 Å². The fourth-order valence-electron chi connectivity index (χ4n) is 2.71. The molecule has 0 aromatic carbocycles. The van der Waals surface area contributed by atoms with Crippen LogP contribution >= 0.6 is 0 Å². The van der Waals surface area contributed by atoms with Crippen molar-refractivity contribution in [2.75, 3.05) is 6.61 Å². The third kappa shape index (κ3) is 5.24. The molecule has 1 rings (SSSR count). The minimum absolute atomic E-state index is 0.286. The molecule has 0 bridgehead atoms. The molecule has 0 fully saturated rings. The van der Waals surface area contributed by atoms with E-state index in [0.29, 0.717) is 4.57 Å². The standard InChI is InChI=1S/C17H15F6NO7/c1-5-30-13(27)8-6(2)10(7(3)25)24(4)11(8)9(12(26)16(18,19)20)14(28)31-15(29)17(21,22)23/h26H,5H2,1-4H3/b12-9-. The van der Waals surface area contributed by atoms with Gasteiger partial charge in [0.1, 0.15) is 5.57 Å². The Kier molecular flexibility index (Phi) is 7.31. The Morgan fingerprint density at radius 3 is 1.90 bits per heavy atom. The van der Waals surface area contributed by atoms with Crippen LogP contribution in [-0.4, -0.2) is 52.3 Å². The summed E-state index contributed by atoms with van der Waals surface area (Å²) in [6.07, 6.45) is -11.5. The van der Waals surface area contributed by atoms with E-state index in [2.05, 4.69) is 9.47 Å². The van der Waals surface area contributed by atoms with Gasteiger partial charge in [-0.2, -0.15) is 26.3 Å². The van der Waals surface area contributed by atoms with Gasteiger partial charge >= 0.3 is 30.3 Å². The summed E-state index contributed by atoms with van der Waals surface area (Å²) in [6.45, 7) is 3.08. The fourth-order valence-corrected chi connectivity index (χ4v) is 2.71. The molecule has 8 nitrogen and oxygen atoms in total. The van der Waals surface area contributed by atoms with E-state index in [1.54, 1.807) is 0 Å². The number of aromatic nitrogens is 1. The molecule has 0 aliphatic carbocycles. The number of aliphatic hydroxyl groups is 1. The van der Waals surface area contributed by atoms with E-state index in [1.807, 2.05) is 0 Å². The number of Topliss-reactive ketones (excluding diaryl/α,β-unsaturated/α-hetero) is 1. The first kappa shape index (κ1) is 25.7.